The van der Waals surface area contributed by atoms with Crippen molar-refractivity contribution in [2.75, 3.05) is 31.9 Å². The van der Waals surface area contributed by atoms with Gasteiger partial charge in [-0.3, -0.25) is 10.1 Å². The van der Waals surface area contributed by atoms with Crippen molar-refractivity contribution in [3.05, 3.63) is 53.6 Å². The van der Waals surface area contributed by atoms with E-state index in [1.807, 2.05) is 30.3 Å². The van der Waals surface area contributed by atoms with Crippen LogP contribution in [0.3, 0.4) is 0 Å². The van der Waals surface area contributed by atoms with E-state index in [-0.39, 0.29) is 5.24 Å². The minimum Gasteiger partial charge on any atom is -0.493 e. The molecule has 0 saturated heterocycles. The molecule has 0 unspecified atom stereocenters. The highest BCUT2D eigenvalue weighted by Crippen LogP contribution is 2.30. The lowest BCUT2D eigenvalue weighted by Gasteiger charge is -2.23. The van der Waals surface area contributed by atoms with Crippen LogP contribution in [0.2, 0.25) is 0 Å². The Kier molecular flexibility index (Phi) is 7.18. The van der Waals surface area contributed by atoms with E-state index < -0.39 is 6.09 Å². The molecule has 0 fully saturated rings. The minimum absolute atomic E-state index is 0.118. The maximum Gasteiger partial charge on any atom is 0.411 e. The number of ether oxygens (including phenoxy) is 3. The first-order valence-electron chi connectivity index (χ1n) is 9.31. The fourth-order valence-corrected chi connectivity index (χ4v) is 3.57. The molecule has 0 aliphatic carbocycles. The van der Waals surface area contributed by atoms with Gasteiger partial charge in [0.05, 0.1) is 33.1 Å². The summed E-state index contributed by atoms with van der Waals surface area (Å²) in [6.45, 7) is 2.37. The number of methoxy groups -OCH3 is 2. The number of hydrogen-bond donors (Lipinski definition) is 1. The van der Waals surface area contributed by atoms with Gasteiger partial charge in [0.1, 0.15) is 0 Å². The summed E-state index contributed by atoms with van der Waals surface area (Å²) in [4.78, 5) is 23.8. The summed E-state index contributed by atoms with van der Waals surface area (Å²) in [7, 11) is 3.16. The van der Waals surface area contributed by atoms with Crippen molar-refractivity contribution in [1.29, 1.82) is 0 Å². The van der Waals surface area contributed by atoms with Crippen LogP contribution in [0.1, 0.15) is 18.1 Å². The van der Waals surface area contributed by atoms with Crippen LogP contribution in [0.4, 0.5) is 15.3 Å². The maximum absolute atomic E-state index is 12.3. The predicted octanol–water partition coefficient (Wildman–Crippen LogP) is 4.35. The number of rotatable bonds is 7. The SMILES string of the molecule is CCOC(=O)Nc1ccc(CN2N=C(c3ccc(OC)c(OC)c3)CSC2=O)cc1. The average Bonchev–Trinajstić information content (AvgIpc) is 2.76. The van der Waals surface area contributed by atoms with E-state index in [0.717, 1.165) is 16.8 Å². The number of carbonyl (C=O) groups is 2. The van der Waals surface area contributed by atoms with Crippen LogP contribution in [0.5, 0.6) is 11.5 Å². The van der Waals surface area contributed by atoms with Crippen molar-refractivity contribution in [2.24, 2.45) is 5.10 Å². The van der Waals surface area contributed by atoms with Gasteiger partial charge in [-0.15, -0.1) is 0 Å². The van der Waals surface area contributed by atoms with Gasteiger partial charge in [-0.2, -0.15) is 5.10 Å². The number of amides is 2. The molecule has 8 nitrogen and oxygen atoms in total. The van der Waals surface area contributed by atoms with Crippen molar-refractivity contribution >= 4 is 34.5 Å². The Balaban J connectivity index is 1.74. The normalized spacial score (nSPS) is 13.5. The van der Waals surface area contributed by atoms with Crippen LogP contribution in [-0.2, 0) is 11.3 Å². The lowest BCUT2D eigenvalue weighted by atomic mass is 10.1. The average molecular weight is 429 g/mol. The van der Waals surface area contributed by atoms with E-state index in [2.05, 4.69) is 10.4 Å². The molecule has 2 amide bonds. The summed E-state index contributed by atoms with van der Waals surface area (Å²) < 4.78 is 15.5. The molecule has 1 aliphatic rings. The van der Waals surface area contributed by atoms with Gasteiger partial charge in [-0.05, 0) is 42.8 Å². The molecule has 2 aromatic rings. The van der Waals surface area contributed by atoms with Crippen molar-refractivity contribution in [1.82, 2.24) is 5.01 Å². The number of benzene rings is 2. The molecule has 0 bridgehead atoms. The first-order valence-corrected chi connectivity index (χ1v) is 10.3. The lowest BCUT2D eigenvalue weighted by molar-refractivity contribution is 0.168. The zero-order valence-electron chi connectivity index (χ0n) is 17.0. The molecular formula is C21H23N3O5S. The van der Waals surface area contributed by atoms with E-state index in [1.54, 1.807) is 33.3 Å². The quantitative estimate of drug-likeness (QED) is 0.704. The van der Waals surface area contributed by atoms with Crippen LogP contribution >= 0.6 is 11.8 Å². The summed E-state index contributed by atoms with van der Waals surface area (Å²) in [6, 6.07) is 12.7. The van der Waals surface area contributed by atoms with Crippen LogP contribution in [0.25, 0.3) is 0 Å². The van der Waals surface area contributed by atoms with E-state index in [0.29, 0.717) is 36.1 Å². The highest BCUT2D eigenvalue weighted by molar-refractivity contribution is 8.14. The number of nitrogens with one attached hydrogen (secondary N) is 1. The fraction of sp³-hybridized carbons (Fsp3) is 0.286. The zero-order valence-corrected chi connectivity index (χ0v) is 17.8. The largest absolute Gasteiger partial charge is 0.493 e. The standard InChI is InChI=1S/C21H23N3O5S/c1-4-29-20(25)22-16-8-5-14(6-9-16)12-24-21(26)30-13-17(23-24)15-7-10-18(27-2)19(11-15)28-3/h5-11H,4,12-13H2,1-3H3,(H,22,25). The Morgan fingerprint density at radius 1 is 1.13 bits per heavy atom. The second kappa shape index (κ2) is 10.0. The van der Waals surface area contributed by atoms with Crippen LogP contribution in [-0.4, -0.2) is 48.6 Å². The van der Waals surface area contributed by atoms with Crippen molar-refractivity contribution in [3.8, 4) is 11.5 Å². The summed E-state index contributed by atoms with van der Waals surface area (Å²) in [5, 5.41) is 8.50. The highest BCUT2D eigenvalue weighted by Gasteiger charge is 2.23. The lowest BCUT2D eigenvalue weighted by Crippen LogP contribution is -2.29. The Morgan fingerprint density at radius 3 is 2.53 bits per heavy atom. The van der Waals surface area contributed by atoms with Gasteiger partial charge >= 0.3 is 11.3 Å². The molecule has 1 N–H and O–H groups in total. The molecule has 158 valence electrons. The van der Waals surface area contributed by atoms with Gasteiger partial charge in [0, 0.05) is 17.0 Å². The van der Waals surface area contributed by atoms with E-state index in [9.17, 15) is 9.59 Å². The number of thioether (sulfide) groups is 1. The number of nitrogens with zero attached hydrogens (tertiary/aromatic N) is 2. The molecule has 0 aromatic heterocycles. The minimum atomic E-state index is -0.503. The molecule has 3 rings (SSSR count). The molecular weight excluding hydrogens is 406 g/mol. The smallest absolute Gasteiger partial charge is 0.411 e. The van der Waals surface area contributed by atoms with Crippen molar-refractivity contribution in [2.45, 2.75) is 13.5 Å². The van der Waals surface area contributed by atoms with Gasteiger partial charge in [-0.25, -0.2) is 9.80 Å². The third-order valence-corrected chi connectivity index (χ3v) is 5.18. The molecule has 0 saturated carbocycles. The third kappa shape index (κ3) is 5.24. The summed E-state index contributed by atoms with van der Waals surface area (Å²) in [5.74, 6) is 1.72. The Labute approximate surface area is 179 Å². The molecule has 1 aliphatic heterocycles. The Morgan fingerprint density at radius 2 is 1.87 bits per heavy atom. The van der Waals surface area contributed by atoms with Crippen LogP contribution in [0.15, 0.2) is 47.6 Å². The van der Waals surface area contributed by atoms with E-state index in [1.165, 1.54) is 16.8 Å². The zero-order chi connectivity index (χ0) is 21.5. The molecule has 0 spiro atoms. The van der Waals surface area contributed by atoms with Crippen LogP contribution in [0, 0.1) is 0 Å². The van der Waals surface area contributed by atoms with Crippen molar-refractivity contribution < 1.29 is 23.8 Å². The second-order valence-electron chi connectivity index (χ2n) is 6.27. The first-order chi connectivity index (χ1) is 14.5. The van der Waals surface area contributed by atoms with Gasteiger partial charge in [-0.1, -0.05) is 23.9 Å². The molecule has 9 heteroatoms. The monoisotopic (exact) mass is 429 g/mol. The molecule has 1 heterocycles. The van der Waals surface area contributed by atoms with Crippen molar-refractivity contribution in [3.63, 3.8) is 0 Å². The first kappa shape index (κ1) is 21.5. The van der Waals surface area contributed by atoms with Crippen LogP contribution < -0.4 is 14.8 Å². The second-order valence-corrected chi connectivity index (χ2v) is 7.20. The number of carbonyl (C=O) groups excluding carboxylic acids is 2. The number of anilines is 1. The number of hydrazone groups is 1. The third-order valence-electron chi connectivity index (χ3n) is 4.31. The van der Waals surface area contributed by atoms with Gasteiger partial charge < -0.3 is 14.2 Å². The molecule has 0 radical (unpaired) electrons. The van der Waals surface area contributed by atoms with Gasteiger partial charge in [0.15, 0.2) is 11.5 Å². The number of hydrogen-bond acceptors (Lipinski definition) is 7. The summed E-state index contributed by atoms with van der Waals surface area (Å²) in [5.41, 5.74) is 3.15. The molecule has 2 aromatic carbocycles. The fourth-order valence-electron chi connectivity index (χ4n) is 2.83. The summed E-state index contributed by atoms with van der Waals surface area (Å²) in [6.07, 6.45) is -0.503. The van der Waals surface area contributed by atoms with Gasteiger partial charge in [0.25, 0.3) is 0 Å². The Bertz CT molecular complexity index is 946. The summed E-state index contributed by atoms with van der Waals surface area (Å²) >= 11 is 1.20. The van der Waals surface area contributed by atoms with E-state index in [4.69, 9.17) is 14.2 Å². The molecule has 30 heavy (non-hydrogen) atoms. The highest BCUT2D eigenvalue weighted by atomic mass is 32.2. The maximum atomic E-state index is 12.3. The Hall–Kier alpha value is -3.20. The predicted molar refractivity (Wildman–Crippen MR) is 117 cm³/mol. The van der Waals surface area contributed by atoms with Gasteiger partial charge in [0.2, 0.25) is 0 Å². The van der Waals surface area contributed by atoms with E-state index >= 15 is 0 Å². The molecule has 0 atom stereocenters. The topological polar surface area (TPSA) is 89.5 Å².